The van der Waals surface area contributed by atoms with Crippen molar-refractivity contribution < 1.29 is 14.6 Å². The fraction of sp³-hybridized carbons (Fsp3) is 0.562. The SMILES string of the molecule is O=C(CCc1ccccc1)O[C@H]1CCCCC[C@@H]1O. The van der Waals surface area contributed by atoms with E-state index in [4.69, 9.17) is 4.74 Å². The van der Waals surface area contributed by atoms with E-state index >= 15 is 0 Å². The molecule has 0 aliphatic heterocycles. The molecule has 1 saturated carbocycles. The predicted molar refractivity (Wildman–Crippen MR) is 73.7 cm³/mol. The van der Waals surface area contributed by atoms with E-state index in [1.54, 1.807) is 0 Å². The number of carbonyl (C=O) groups excluding carboxylic acids is 1. The minimum Gasteiger partial charge on any atom is -0.460 e. The van der Waals surface area contributed by atoms with Crippen LogP contribution in [0.3, 0.4) is 0 Å². The zero-order valence-corrected chi connectivity index (χ0v) is 11.3. The van der Waals surface area contributed by atoms with Crippen molar-refractivity contribution in [1.29, 1.82) is 0 Å². The average molecular weight is 262 g/mol. The molecule has 3 heteroatoms. The molecule has 19 heavy (non-hydrogen) atoms. The van der Waals surface area contributed by atoms with Crippen molar-refractivity contribution in [2.24, 2.45) is 0 Å². The number of carbonyl (C=O) groups is 1. The summed E-state index contributed by atoms with van der Waals surface area (Å²) in [5.74, 6) is -0.199. The summed E-state index contributed by atoms with van der Waals surface area (Å²) in [7, 11) is 0. The molecule has 104 valence electrons. The van der Waals surface area contributed by atoms with Gasteiger partial charge in [0.25, 0.3) is 0 Å². The largest absolute Gasteiger partial charge is 0.460 e. The van der Waals surface area contributed by atoms with Gasteiger partial charge in [-0.3, -0.25) is 4.79 Å². The Morgan fingerprint density at radius 2 is 1.89 bits per heavy atom. The van der Waals surface area contributed by atoms with E-state index in [1.807, 2.05) is 30.3 Å². The molecule has 0 amide bonds. The van der Waals surface area contributed by atoms with Crippen LogP contribution in [0.2, 0.25) is 0 Å². The summed E-state index contributed by atoms with van der Waals surface area (Å²) in [4.78, 5) is 11.8. The van der Waals surface area contributed by atoms with E-state index < -0.39 is 6.10 Å². The lowest BCUT2D eigenvalue weighted by atomic mass is 10.1. The smallest absolute Gasteiger partial charge is 0.306 e. The second-order valence-corrected chi connectivity index (χ2v) is 5.22. The van der Waals surface area contributed by atoms with Gasteiger partial charge in [-0.05, 0) is 31.2 Å². The lowest BCUT2D eigenvalue weighted by molar-refractivity contribution is -0.155. The molecule has 2 atom stereocenters. The molecule has 2 rings (SSSR count). The number of rotatable bonds is 4. The molecule has 1 N–H and O–H groups in total. The Morgan fingerprint density at radius 1 is 1.16 bits per heavy atom. The van der Waals surface area contributed by atoms with Crippen LogP contribution in [0.25, 0.3) is 0 Å². The highest BCUT2D eigenvalue weighted by atomic mass is 16.6. The van der Waals surface area contributed by atoms with Gasteiger partial charge in [0.1, 0.15) is 6.10 Å². The minimum atomic E-state index is -0.483. The van der Waals surface area contributed by atoms with Crippen LogP contribution in [0.15, 0.2) is 30.3 Å². The topological polar surface area (TPSA) is 46.5 Å². The predicted octanol–water partition coefficient (Wildman–Crippen LogP) is 2.86. The van der Waals surface area contributed by atoms with Gasteiger partial charge in [0.15, 0.2) is 0 Å². The Hall–Kier alpha value is -1.35. The zero-order chi connectivity index (χ0) is 13.5. The van der Waals surface area contributed by atoms with E-state index in [2.05, 4.69) is 0 Å². The first-order chi connectivity index (χ1) is 9.25. The van der Waals surface area contributed by atoms with Gasteiger partial charge in [0.2, 0.25) is 0 Å². The summed E-state index contributed by atoms with van der Waals surface area (Å²) >= 11 is 0. The monoisotopic (exact) mass is 262 g/mol. The minimum absolute atomic E-state index is 0.199. The van der Waals surface area contributed by atoms with Crippen molar-refractivity contribution in [1.82, 2.24) is 0 Å². The summed E-state index contributed by atoms with van der Waals surface area (Å²) in [6, 6.07) is 9.91. The number of benzene rings is 1. The molecular weight excluding hydrogens is 240 g/mol. The third-order valence-corrected chi connectivity index (χ3v) is 3.66. The maximum absolute atomic E-state index is 11.8. The molecule has 0 saturated heterocycles. The molecule has 1 fully saturated rings. The van der Waals surface area contributed by atoms with Gasteiger partial charge in [-0.1, -0.05) is 43.2 Å². The van der Waals surface area contributed by atoms with Gasteiger partial charge >= 0.3 is 5.97 Å². The molecular formula is C16H22O3. The van der Waals surface area contributed by atoms with E-state index in [9.17, 15) is 9.90 Å². The lowest BCUT2D eigenvalue weighted by Crippen LogP contribution is -2.30. The van der Waals surface area contributed by atoms with Crippen LogP contribution in [-0.4, -0.2) is 23.3 Å². The third kappa shape index (κ3) is 4.67. The number of esters is 1. The maximum Gasteiger partial charge on any atom is 0.306 e. The highest BCUT2D eigenvalue weighted by molar-refractivity contribution is 5.70. The number of hydrogen-bond donors (Lipinski definition) is 1. The zero-order valence-electron chi connectivity index (χ0n) is 11.3. The van der Waals surface area contributed by atoms with Crippen LogP contribution in [0.1, 0.15) is 44.1 Å². The number of aliphatic hydroxyl groups excluding tert-OH is 1. The van der Waals surface area contributed by atoms with Gasteiger partial charge in [0.05, 0.1) is 6.10 Å². The Kier molecular flexibility index (Phi) is 5.40. The summed E-state index contributed by atoms with van der Waals surface area (Å²) in [6.07, 6.45) is 5.01. The average Bonchev–Trinajstić information content (AvgIpc) is 2.63. The lowest BCUT2D eigenvalue weighted by Gasteiger charge is -2.20. The van der Waals surface area contributed by atoms with Crippen molar-refractivity contribution in [3.63, 3.8) is 0 Å². The highest BCUT2D eigenvalue weighted by Crippen LogP contribution is 2.21. The third-order valence-electron chi connectivity index (χ3n) is 3.66. The van der Waals surface area contributed by atoms with E-state index in [1.165, 1.54) is 0 Å². The Balaban J connectivity index is 1.77. The quantitative estimate of drug-likeness (QED) is 0.670. The van der Waals surface area contributed by atoms with Crippen LogP contribution in [0.5, 0.6) is 0 Å². The molecule has 1 aliphatic carbocycles. The molecule has 0 unspecified atom stereocenters. The van der Waals surface area contributed by atoms with Crippen LogP contribution < -0.4 is 0 Å². The summed E-state index contributed by atoms with van der Waals surface area (Å²) in [5, 5.41) is 9.91. The van der Waals surface area contributed by atoms with Crippen molar-refractivity contribution in [3.05, 3.63) is 35.9 Å². The molecule has 1 aliphatic rings. The van der Waals surface area contributed by atoms with Crippen molar-refractivity contribution in [3.8, 4) is 0 Å². The standard InChI is InChI=1S/C16H22O3/c17-14-9-5-2-6-10-15(14)19-16(18)12-11-13-7-3-1-4-8-13/h1,3-4,7-8,14-15,17H,2,5-6,9-12H2/t14-,15-/m0/s1. The molecule has 0 bridgehead atoms. The van der Waals surface area contributed by atoms with Crippen molar-refractivity contribution in [2.75, 3.05) is 0 Å². The molecule has 1 aromatic carbocycles. The molecule has 1 aromatic rings. The summed E-state index contributed by atoms with van der Waals surface area (Å²) < 4.78 is 5.42. The van der Waals surface area contributed by atoms with Crippen LogP contribution in [0.4, 0.5) is 0 Å². The van der Waals surface area contributed by atoms with E-state index in [0.29, 0.717) is 12.8 Å². The Bertz CT molecular complexity index is 388. The number of hydrogen-bond acceptors (Lipinski definition) is 3. The first-order valence-corrected chi connectivity index (χ1v) is 7.17. The number of aliphatic hydroxyl groups is 1. The van der Waals surface area contributed by atoms with E-state index in [-0.39, 0.29) is 12.1 Å². The van der Waals surface area contributed by atoms with Crippen LogP contribution in [-0.2, 0) is 16.0 Å². The Labute approximate surface area is 114 Å². The summed E-state index contributed by atoms with van der Waals surface area (Å²) in [6.45, 7) is 0. The fourth-order valence-corrected chi connectivity index (χ4v) is 2.51. The second-order valence-electron chi connectivity index (χ2n) is 5.22. The summed E-state index contributed by atoms with van der Waals surface area (Å²) in [5.41, 5.74) is 1.14. The highest BCUT2D eigenvalue weighted by Gasteiger charge is 2.24. The number of ether oxygens (including phenoxy) is 1. The van der Waals surface area contributed by atoms with Crippen molar-refractivity contribution >= 4 is 5.97 Å². The molecule has 0 aromatic heterocycles. The second kappa shape index (κ2) is 7.29. The van der Waals surface area contributed by atoms with Crippen LogP contribution >= 0.6 is 0 Å². The van der Waals surface area contributed by atoms with Gasteiger partial charge in [-0.15, -0.1) is 0 Å². The Morgan fingerprint density at radius 3 is 2.68 bits per heavy atom. The molecule has 0 radical (unpaired) electrons. The van der Waals surface area contributed by atoms with Gasteiger partial charge in [-0.2, -0.15) is 0 Å². The first kappa shape index (κ1) is 14.1. The number of aryl methyl sites for hydroxylation is 1. The van der Waals surface area contributed by atoms with E-state index in [0.717, 1.165) is 37.7 Å². The molecule has 3 nitrogen and oxygen atoms in total. The van der Waals surface area contributed by atoms with Crippen molar-refractivity contribution in [2.45, 2.75) is 57.2 Å². The molecule has 0 spiro atoms. The van der Waals surface area contributed by atoms with Gasteiger partial charge in [-0.25, -0.2) is 0 Å². The van der Waals surface area contributed by atoms with Gasteiger partial charge < -0.3 is 9.84 Å². The molecule has 0 heterocycles. The van der Waals surface area contributed by atoms with Crippen LogP contribution in [0, 0.1) is 0 Å². The normalized spacial score (nSPS) is 23.6. The first-order valence-electron chi connectivity index (χ1n) is 7.17. The van der Waals surface area contributed by atoms with Gasteiger partial charge in [0, 0.05) is 6.42 Å². The maximum atomic E-state index is 11.8. The fourth-order valence-electron chi connectivity index (χ4n) is 2.51.